The van der Waals surface area contributed by atoms with E-state index in [0.717, 1.165) is 0 Å². The van der Waals surface area contributed by atoms with E-state index in [4.69, 9.17) is 23.4 Å². The van der Waals surface area contributed by atoms with Crippen molar-refractivity contribution < 1.29 is 41.5 Å². The summed E-state index contributed by atoms with van der Waals surface area (Å²) < 4.78 is 72.4. The molecule has 0 saturated heterocycles. The van der Waals surface area contributed by atoms with Gasteiger partial charge in [0, 0.05) is 58.9 Å². The number of furan rings is 1. The number of aromatic nitrogens is 1. The lowest BCUT2D eigenvalue weighted by Gasteiger charge is -2.24. The molecule has 4 rings (SSSR count). The van der Waals surface area contributed by atoms with Gasteiger partial charge in [0.25, 0.3) is 6.01 Å². The van der Waals surface area contributed by atoms with Gasteiger partial charge in [0.1, 0.15) is 34.0 Å². The zero-order valence-corrected chi connectivity index (χ0v) is 27.2. The molecule has 0 amide bonds. The van der Waals surface area contributed by atoms with E-state index in [1.165, 1.54) is 32.5 Å². The summed E-state index contributed by atoms with van der Waals surface area (Å²) in [6.07, 6.45) is 1.36. The second kappa shape index (κ2) is 14.2. The second-order valence-corrected chi connectivity index (χ2v) is 14.1. The maximum absolute atomic E-state index is 15.8. The minimum atomic E-state index is -1.44. The highest BCUT2D eigenvalue weighted by Crippen LogP contribution is 2.35. The normalized spacial score (nSPS) is 12.8. The van der Waals surface area contributed by atoms with Crippen molar-refractivity contribution >= 4 is 28.3 Å². The van der Waals surface area contributed by atoms with E-state index < -0.39 is 39.5 Å². The summed E-state index contributed by atoms with van der Waals surface area (Å²) in [6, 6.07) is 10.3. The van der Waals surface area contributed by atoms with Crippen LogP contribution >= 0.6 is 0 Å². The standard InChI is InChI=1S/C33H38F2N2O7S/c1-32(2,3)45(39)37-17-26-30(35)24(10-11-36-26)25-13-20(12-22-14-28(34)43-31(22)25)18-42-27-16-23(41-7)9-8-21(27)15-29(38)44-33(4,5)19-40-6/h8-14,16,37H,15,17-19H2,1-7H3/t45-/m1/s1. The Kier molecular flexibility index (Phi) is 10.7. The number of fused-ring (bicyclic) bond motifs is 1. The Morgan fingerprint density at radius 2 is 1.80 bits per heavy atom. The highest BCUT2D eigenvalue weighted by Gasteiger charge is 2.27. The summed E-state index contributed by atoms with van der Waals surface area (Å²) in [6.45, 7) is 9.06. The van der Waals surface area contributed by atoms with Crippen LogP contribution in [0.4, 0.5) is 8.78 Å². The average molecular weight is 645 g/mol. The number of ether oxygens (including phenoxy) is 4. The summed E-state index contributed by atoms with van der Waals surface area (Å²) in [5, 5.41) is 0.406. The molecule has 2 aromatic heterocycles. The number of pyridine rings is 1. The zero-order chi connectivity index (χ0) is 32.9. The first-order chi connectivity index (χ1) is 21.2. The van der Waals surface area contributed by atoms with Crippen molar-refractivity contribution in [1.29, 1.82) is 0 Å². The number of halogens is 2. The van der Waals surface area contributed by atoms with E-state index in [1.807, 2.05) is 0 Å². The van der Waals surface area contributed by atoms with Crippen molar-refractivity contribution in [2.45, 2.75) is 64.5 Å². The van der Waals surface area contributed by atoms with Crippen molar-refractivity contribution in [3.8, 4) is 22.6 Å². The van der Waals surface area contributed by atoms with Crippen molar-refractivity contribution in [3.05, 3.63) is 77.3 Å². The molecule has 0 spiro atoms. The number of carbonyl (C=O) groups is 1. The quantitative estimate of drug-likeness (QED) is 0.130. The Morgan fingerprint density at radius 1 is 1.04 bits per heavy atom. The van der Waals surface area contributed by atoms with E-state index >= 15 is 4.39 Å². The van der Waals surface area contributed by atoms with Gasteiger partial charge in [-0.15, -0.1) is 4.72 Å². The van der Waals surface area contributed by atoms with Gasteiger partial charge in [-0.05, 0) is 64.4 Å². The topological polar surface area (TPSA) is 115 Å². The summed E-state index contributed by atoms with van der Waals surface area (Å²) >= 11 is -1.44. The molecule has 0 aliphatic heterocycles. The molecule has 9 nitrogen and oxygen atoms in total. The molecule has 12 heteroatoms. The lowest BCUT2D eigenvalue weighted by molar-refractivity contribution is -0.160. The third kappa shape index (κ3) is 8.72. The van der Waals surface area contributed by atoms with Gasteiger partial charge >= 0.3 is 5.97 Å². The van der Waals surface area contributed by atoms with E-state index in [0.29, 0.717) is 33.6 Å². The smallest absolute Gasteiger partial charge is 0.311 e. The molecular formula is C33H38F2N2O7S. The largest absolute Gasteiger partial charge is 0.598 e. The molecule has 0 radical (unpaired) electrons. The number of methoxy groups -OCH3 is 2. The second-order valence-electron chi connectivity index (χ2n) is 12.0. The molecule has 2 aromatic carbocycles. The van der Waals surface area contributed by atoms with E-state index in [9.17, 15) is 13.7 Å². The van der Waals surface area contributed by atoms with Gasteiger partial charge in [-0.2, -0.15) is 4.39 Å². The van der Waals surface area contributed by atoms with Crippen LogP contribution in [0.5, 0.6) is 11.5 Å². The monoisotopic (exact) mass is 644 g/mol. The predicted molar refractivity (Wildman–Crippen MR) is 167 cm³/mol. The maximum Gasteiger partial charge on any atom is 0.311 e. The van der Waals surface area contributed by atoms with Gasteiger partial charge in [0.05, 0.1) is 32.4 Å². The van der Waals surface area contributed by atoms with E-state index in [2.05, 4.69) is 9.71 Å². The minimum Gasteiger partial charge on any atom is -0.598 e. The number of hydrogen-bond acceptors (Lipinski definition) is 9. The molecule has 1 N–H and O–H groups in total. The van der Waals surface area contributed by atoms with Crippen molar-refractivity contribution in [1.82, 2.24) is 9.71 Å². The number of benzene rings is 2. The van der Waals surface area contributed by atoms with Gasteiger partial charge in [0.2, 0.25) is 0 Å². The van der Waals surface area contributed by atoms with Crippen molar-refractivity contribution in [3.63, 3.8) is 0 Å². The summed E-state index contributed by atoms with van der Waals surface area (Å²) in [5.74, 6) is -0.222. The summed E-state index contributed by atoms with van der Waals surface area (Å²) in [5.41, 5.74) is 0.967. The van der Waals surface area contributed by atoms with Gasteiger partial charge in [0.15, 0.2) is 5.82 Å². The van der Waals surface area contributed by atoms with Crippen molar-refractivity contribution in [2.75, 3.05) is 20.8 Å². The van der Waals surface area contributed by atoms with Gasteiger partial charge in [-0.3, -0.25) is 9.78 Å². The minimum absolute atomic E-state index is 0.00813. The molecule has 0 aliphatic rings. The van der Waals surface area contributed by atoms with Crippen LogP contribution in [-0.2, 0) is 45.2 Å². The molecule has 242 valence electrons. The fourth-order valence-electron chi connectivity index (χ4n) is 4.62. The Labute approximate surface area is 264 Å². The Balaban J connectivity index is 1.63. The molecule has 45 heavy (non-hydrogen) atoms. The first kappa shape index (κ1) is 34.2. The number of esters is 1. The third-order valence-corrected chi connectivity index (χ3v) is 8.23. The van der Waals surface area contributed by atoms with Crippen LogP contribution in [0.3, 0.4) is 0 Å². The van der Waals surface area contributed by atoms with Gasteiger partial charge < -0.3 is 27.9 Å². The molecule has 0 saturated carbocycles. The molecular weight excluding hydrogens is 606 g/mol. The van der Waals surface area contributed by atoms with Crippen molar-refractivity contribution in [2.24, 2.45) is 0 Å². The fraction of sp³-hybridized carbons (Fsp3) is 0.394. The highest BCUT2D eigenvalue weighted by atomic mass is 32.2. The maximum atomic E-state index is 15.8. The van der Waals surface area contributed by atoms with Crippen LogP contribution in [0, 0.1) is 11.8 Å². The number of nitrogens with zero attached hydrogens (tertiary/aromatic N) is 1. The van der Waals surface area contributed by atoms with Crippen LogP contribution in [-0.4, -0.2) is 46.7 Å². The van der Waals surface area contributed by atoms with Gasteiger partial charge in [-0.25, -0.2) is 4.39 Å². The molecule has 0 fully saturated rings. The summed E-state index contributed by atoms with van der Waals surface area (Å²) in [7, 11) is 3.05. The molecule has 0 unspecified atom stereocenters. The first-order valence-corrected chi connectivity index (χ1v) is 15.4. The fourth-order valence-corrected chi connectivity index (χ4v) is 5.32. The van der Waals surface area contributed by atoms with Crippen LogP contribution in [0.25, 0.3) is 22.1 Å². The van der Waals surface area contributed by atoms with Crippen LogP contribution in [0.1, 0.15) is 51.4 Å². The molecule has 4 aromatic rings. The molecule has 1 atom stereocenters. The Hall–Kier alpha value is -3.71. The Bertz CT molecular complexity index is 1650. The predicted octanol–water partition coefficient (Wildman–Crippen LogP) is 6.42. The van der Waals surface area contributed by atoms with Crippen LogP contribution < -0.4 is 14.2 Å². The third-order valence-electron chi connectivity index (χ3n) is 6.71. The van der Waals surface area contributed by atoms with Crippen LogP contribution in [0.15, 0.2) is 53.1 Å². The number of hydrogen-bond donors (Lipinski definition) is 1. The first-order valence-electron chi connectivity index (χ1n) is 14.2. The Morgan fingerprint density at radius 3 is 2.49 bits per heavy atom. The zero-order valence-electron chi connectivity index (χ0n) is 26.4. The average Bonchev–Trinajstić information content (AvgIpc) is 3.34. The molecule has 0 aliphatic carbocycles. The van der Waals surface area contributed by atoms with E-state index in [-0.39, 0.29) is 43.0 Å². The number of rotatable bonds is 13. The van der Waals surface area contributed by atoms with Crippen LogP contribution in [0.2, 0.25) is 0 Å². The lowest BCUT2D eigenvalue weighted by atomic mass is 10.00. The lowest BCUT2D eigenvalue weighted by Crippen LogP contribution is -2.39. The number of carbonyl (C=O) groups excluding carboxylic acids is 1. The number of nitrogens with one attached hydrogen (secondary N) is 1. The highest BCUT2D eigenvalue weighted by molar-refractivity contribution is 7.90. The summed E-state index contributed by atoms with van der Waals surface area (Å²) in [4.78, 5) is 16.9. The molecule has 0 bridgehead atoms. The van der Waals surface area contributed by atoms with Gasteiger partial charge in [-0.1, -0.05) is 6.07 Å². The molecule has 2 heterocycles. The SMILES string of the molecule is COCC(C)(C)OC(=O)Cc1ccc(OC)cc1OCc1cc(-c2ccnc(CN[S@+]([O-])C(C)(C)C)c2F)c2oc(F)cc2c1. The van der Waals surface area contributed by atoms with E-state index in [1.54, 1.807) is 65.0 Å².